The highest BCUT2D eigenvalue weighted by Crippen LogP contribution is 2.31. The molecule has 8 heteroatoms. The van der Waals surface area contributed by atoms with Crippen molar-refractivity contribution in [2.75, 3.05) is 0 Å². The molecule has 0 radical (unpaired) electrons. The van der Waals surface area contributed by atoms with Crippen molar-refractivity contribution in [3.63, 3.8) is 0 Å². The summed E-state index contributed by atoms with van der Waals surface area (Å²) in [6.45, 7) is 6.96. The first-order chi connectivity index (χ1) is 14.4. The number of nitrogens with one attached hydrogen (secondary N) is 1. The van der Waals surface area contributed by atoms with Crippen molar-refractivity contribution < 1.29 is 9.59 Å². The predicted octanol–water partition coefficient (Wildman–Crippen LogP) is 4.33. The van der Waals surface area contributed by atoms with E-state index in [9.17, 15) is 9.59 Å². The maximum atomic E-state index is 13.1. The topological polar surface area (TPSA) is 93.5 Å². The van der Waals surface area contributed by atoms with Gasteiger partial charge in [0.2, 0.25) is 0 Å². The zero-order valence-electron chi connectivity index (χ0n) is 17.1. The minimum atomic E-state index is -0.403. The second-order valence-corrected chi connectivity index (χ2v) is 8.44. The number of H-pyrrole nitrogens is 1. The van der Waals surface area contributed by atoms with Crippen molar-refractivity contribution >= 4 is 34.4 Å². The number of thioether (sulfide) groups is 1. The van der Waals surface area contributed by atoms with Crippen LogP contribution >= 0.6 is 11.8 Å². The van der Waals surface area contributed by atoms with Crippen LogP contribution in [0, 0.1) is 13.8 Å². The Morgan fingerprint density at radius 1 is 1.13 bits per heavy atom. The number of aromatic nitrogens is 5. The highest BCUT2D eigenvalue weighted by Gasteiger charge is 2.25. The molecular weight excluding hydrogens is 398 g/mol. The van der Waals surface area contributed by atoms with Gasteiger partial charge >= 0.3 is 0 Å². The van der Waals surface area contributed by atoms with Crippen LogP contribution in [0.1, 0.15) is 46.0 Å². The molecule has 0 aliphatic carbocycles. The Bertz CT molecular complexity index is 1260. The van der Waals surface area contributed by atoms with Crippen LogP contribution in [0.15, 0.2) is 47.9 Å². The lowest BCUT2D eigenvalue weighted by Gasteiger charge is -2.10. The molecule has 0 fully saturated rings. The zero-order valence-corrected chi connectivity index (χ0v) is 17.9. The number of Topliss-reactive ketones (excluding diaryl/α,β-unsaturated/α-hetero) is 2. The van der Waals surface area contributed by atoms with E-state index in [2.05, 4.69) is 20.1 Å². The van der Waals surface area contributed by atoms with E-state index in [1.165, 1.54) is 25.0 Å². The predicted molar refractivity (Wildman–Crippen MR) is 117 cm³/mol. The van der Waals surface area contributed by atoms with Crippen molar-refractivity contribution in [1.82, 2.24) is 24.7 Å². The lowest BCUT2D eigenvalue weighted by atomic mass is 10.0. The molecule has 4 aromatic rings. The number of aryl methyl sites for hydroxylation is 1. The lowest BCUT2D eigenvalue weighted by Crippen LogP contribution is -2.15. The monoisotopic (exact) mass is 419 g/mol. The van der Waals surface area contributed by atoms with Gasteiger partial charge in [-0.2, -0.15) is 5.10 Å². The number of para-hydroxylation sites is 1. The second kappa shape index (κ2) is 7.87. The van der Waals surface area contributed by atoms with Crippen LogP contribution < -0.4 is 0 Å². The smallest absolute Gasteiger partial charge is 0.192 e. The van der Waals surface area contributed by atoms with Gasteiger partial charge < -0.3 is 4.98 Å². The molecule has 1 aromatic carbocycles. The number of fused-ring (bicyclic) bond motifs is 1. The molecule has 0 saturated heterocycles. The van der Waals surface area contributed by atoms with Crippen molar-refractivity contribution in [3.05, 3.63) is 65.4 Å². The highest BCUT2D eigenvalue weighted by molar-refractivity contribution is 8.00. The van der Waals surface area contributed by atoms with Crippen LogP contribution in [0.5, 0.6) is 0 Å². The standard InChI is InChI=1S/C22H21N5O2S/c1-12-18(14(3)28)13(2)26-19(12)20(29)15(4)30-22-17-10-25-27(21(17)23-11-24-22)16-8-6-5-7-9-16/h5-11,15,26H,1-4H3/t15-/m0/s1. The normalized spacial score (nSPS) is 12.3. The van der Waals surface area contributed by atoms with E-state index in [0.29, 0.717) is 33.2 Å². The Kier molecular flexibility index (Phi) is 5.26. The van der Waals surface area contributed by atoms with Crippen LogP contribution in [-0.2, 0) is 0 Å². The van der Waals surface area contributed by atoms with Crippen LogP contribution in [0.4, 0.5) is 0 Å². The summed E-state index contributed by atoms with van der Waals surface area (Å²) in [5, 5.41) is 5.53. The first-order valence-electron chi connectivity index (χ1n) is 9.53. The Balaban J connectivity index is 1.65. The molecule has 0 aliphatic rings. The van der Waals surface area contributed by atoms with Gasteiger partial charge in [0.15, 0.2) is 17.2 Å². The third-order valence-electron chi connectivity index (χ3n) is 5.02. The molecule has 0 spiro atoms. The zero-order chi connectivity index (χ0) is 21.4. The maximum Gasteiger partial charge on any atom is 0.192 e. The number of carbonyl (C=O) groups is 2. The van der Waals surface area contributed by atoms with Crippen LogP contribution in [0.2, 0.25) is 0 Å². The average molecular weight is 420 g/mol. The van der Waals surface area contributed by atoms with Gasteiger partial charge in [-0.3, -0.25) is 9.59 Å². The van der Waals surface area contributed by atoms with Crippen LogP contribution in [-0.4, -0.2) is 41.5 Å². The molecule has 3 heterocycles. The second-order valence-electron chi connectivity index (χ2n) is 7.11. The van der Waals surface area contributed by atoms with Gasteiger partial charge in [-0.05, 0) is 45.4 Å². The van der Waals surface area contributed by atoms with E-state index in [4.69, 9.17) is 0 Å². The fourth-order valence-corrected chi connectivity index (χ4v) is 4.56. The van der Waals surface area contributed by atoms with Gasteiger partial charge in [0.1, 0.15) is 11.4 Å². The van der Waals surface area contributed by atoms with Crippen LogP contribution in [0.25, 0.3) is 16.7 Å². The van der Waals surface area contributed by atoms with E-state index < -0.39 is 5.25 Å². The van der Waals surface area contributed by atoms with Crippen molar-refractivity contribution in [2.45, 2.75) is 38.0 Å². The van der Waals surface area contributed by atoms with E-state index in [-0.39, 0.29) is 11.6 Å². The van der Waals surface area contributed by atoms with Crippen molar-refractivity contribution in [2.24, 2.45) is 0 Å². The number of aromatic amines is 1. The molecule has 0 bridgehead atoms. The molecule has 1 N–H and O–H groups in total. The van der Waals surface area contributed by atoms with E-state index >= 15 is 0 Å². The Morgan fingerprint density at radius 2 is 1.87 bits per heavy atom. The lowest BCUT2D eigenvalue weighted by molar-refractivity contribution is 0.0988. The van der Waals surface area contributed by atoms with Gasteiger partial charge in [-0.25, -0.2) is 14.6 Å². The van der Waals surface area contributed by atoms with Gasteiger partial charge in [-0.1, -0.05) is 30.0 Å². The van der Waals surface area contributed by atoms with Crippen LogP contribution in [0.3, 0.4) is 0 Å². The van der Waals surface area contributed by atoms with Crippen molar-refractivity contribution in [1.29, 1.82) is 0 Å². The molecule has 0 aliphatic heterocycles. The molecule has 0 saturated carbocycles. The summed E-state index contributed by atoms with van der Waals surface area (Å²) in [7, 11) is 0. The number of rotatable bonds is 6. The van der Waals surface area contributed by atoms with Gasteiger partial charge in [0.25, 0.3) is 0 Å². The number of nitrogens with zero attached hydrogens (tertiary/aromatic N) is 4. The Labute approximate surface area is 177 Å². The SMILES string of the molecule is CC(=O)c1c(C)[nH]c(C(=O)[C@H](C)Sc2ncnc3c2cnn3-c2ccccc2)c1C. The minimum Gasteiger partial charge on any atom is -0.355 e. The maximum absolute atomic E-state index is 13.1. The van der Waals surface area contributed by atoms with Gasteiger partial charge in [-0.15, -0.1) is 0 Å². The van der Waals surface area contributed by atoms with Gasteiger partial charge in [0.05, 0.1) is 28.2 Å². The summed E-state index contributed by atoms with van der Waals surface area (Å²) in [5.41, 5.74) is 4.06. The molecule has 0 unspecified atom stereocenters. The third-order valence-corrected chi connectivity index (χ3v) is 6.14. The molecule has 0 amide bonds. The number of benzene rings is 1. The molecule has 3 aromatic heterocycles. The minimum absolute atomic E-state index is 0.0496. The average Bonchev–Trinajstić information content (AvgIpc) is 3.29. The summed E-state index contributed by atoms with van der Waals surface area (Å²) in [6.07, 6.45) is 3.21. The summed E-state index contributed by atoms with van der Waals surface area (Å²) in [5.74, 6) is -0.123. The summed E-state index contributed by atoms with van der Waals surface area (Å²) < 4.78 is 1.76. The first kappa shape index (κ1) is 20.0. The number of ketones is 2. The fraction of sp³-hybridized carbons (Fsp3) is 0.227. The van der Waals surface area contributed by atoms with E-state index in [0.717, 1.165) is 11.1 Å². The molecular formula is C22H21N5O2S. The first-order valence-corrected chi connectivity index (χ1v) is 10.4. The van der Waals surface area contributed by atoms with Gasteiger partial charge in [0, 0.05) is 11.3 Å². The quantitative estimate of drug-likeness (QED) is 0.284. The molecule has 4 rings (SSSR count). The Morgan fingerprint density at radius 3 is 2.53 bits per heavy atom. The van der Waals surface area contributed by atoms with E-state index in [1.54, 1.807) is 17.8 Å². The molecule has 152 valence electrons. The van der Waals surface area contributed by atoms with E-state index in [1.807, 2.05) is 44.2 Å². The summed E-state index contributed by atoms with van der Waals surface area (Å²) >= 11 is 1.36. The molecule has 7 nitrogen and oxygen atoms in total. The largest absolute Gasteiger partial charge is 0.355 e. The third kappa shape index (κ3) is 3.43. The molecule has 1 atom stereocenters. The fourth-order valence-electron chi connectivity index (χ4n) is 3.62. The summed E-state index contributed by atoms with van der Waals surface area (Å²) in [4.78, 5) is 36.8. The molecule has 30 heavy (non-hydrogen) atoms. The highest BCUT2D eigenvalue weighted by atomic mass is 32.2. The number of hydrogen-bond acceptors (Lipinski definition) is 6. The summed E-state index contributed by atoms with van der Waals surface area (Å²) in [6, 6.07) is 9.74. The number of carbonyl (C=O) groups excluding carboxylic acids is 2. The number of hydrogen-bond donors (Lipinski definition) is 1. The van der Waals surface area contributed by atoms with Crippen molar-refractivity contribution in [3.8, 4) is 5.69 Å². The Hall–Kier alpha value is -3.26.